The van der Waals surface area contributed by atoms with E-state index in [2.05, 4.69) is 30.8 Å². The molecule has 0 unspecified atom stereocenters. The molecule has 7 nitrogen and oxygen atoms in total. The van der Waals surface area contributed by atoms with Crippen molar-refractivity contribution in [2.75, 3.05) is 12.4 Å². The number of nitrogens with one attached hydrogen (secondary N) is 3. The fraction of sp³-hybridized carbons (Fsp3) is 0.200. The maximum atomic E-state index is 11.2. The minimum absolute atomic E-state index is 0.255. The number of aromatic nitrogens is 4. The van der Waals surface area contributed by atoms with Crippen LogP contribution in [0.5, 0.6) is 0 Å². The van der Waals surface area contributed by atoms with Crippen LogP contribution in [0.3, 0.4) is 0 Å². The number of anilines is 1. The fourth-order valence-electron chi connectivity index (χ4n) is 1.24. The van der Waals surface area contributed by atoms with E-state index in [9.17, 15) is 4.79 Å². The third-order valence-corrected chi connectivity index (χ3v) is 2.12. The lowest BCUT2D eigenvalue weighted by molar-refractivity contribution is 0.0957. The summed E-state index contributed by atoms with van der Waals surface area (Å²) in [7, 11) is 1.55. The van der Waals surface area contributed by atoms with Crippen molar-refractivity contribution in [3.8, 4) is 0 Å². The van der Waals surface area contributed by atoms with Crippen LogP contribution in [0.4, 0.5) is 5.82 Å². The van der Waals surface area contributed by atoms with E-state index in [1.54, 1.807) is 31.6 Å². The summed E-state index contributed by atoms with van der Waals surface area (Å²) in [4.78, 5) is 18.2. The Morgan fingerprint density at radius 1 is 1.41 bits per heavy atom. The standard InChI is InChI=1S/C10H12N6O/c1-11-10(17)7-2-3-8(16-15-7)14-6-9-12-4-5-13-9/h2-5H,6H2,1H3,(H,11,17)(H,12,13)(H,14,16). The second kappa shape index (κ2) is 5.06. The van der Waals surface area contributed by atoms with E-state index >= 15 is 0 Å². The summed E-state index contributed by atoms with van der Waals surface area (Å²) in [5.74, 6) is 1.14. The summed E-state index contributed by atoms with van der Waals surface area (Å²) in [6.07, 6.45) is 3.43. The molecule has 0 aliphatic rings. The molecule has 2 aromatic rings. The topological polar surface area (TPSA) is 95.6 Å². The van der Waals surface area contributed by atoms with Gasteiger partial charge in [-0.05, 0) is 12.1 Å². The molecule has 0 aliphatic heterocycles. The van der Waals surface area contributed by atoms with E-state index in [0.717, 1.165) is 5.82 Å². The lowest BCUT2D eigenvalue weighted by Crippen LogP contribution is -2.19. The van der Waals surface area contributed by atoms with E-state index in [1.807, 2.05) is 0 Å². The van der Waals surface area contributed by atoms with Crippen molar-refractivity contribution in [1.82, 2.24) is 25.5 Å². The van der Waals surface area contributed by atoms with Crippen LogP contribution in [0.25, 0.3) is 0 Å². The van der Waals surface area contributed by atoms with Gasteiger partial charge in [0.1, 0.15) is 11.6 Å². The van der Waals surface area contributed by atoms with Gasteiger partial charge in [0.15, 0.2) is 5.69 Å². The molecule has 2 aromatic heterocycles. The molecule has 2 rings (SSSR count). The van der Waals surface area contributed by atoms with Gasteiger partial charge in [0.25, 0.3) is 5.91 Å². The Labute approximate surface area is 97.7 Å². The number of imidazole rings is 1. The van der Waals surface area contributed by atoms with E-state index < -0.39 is 0 Å². The minimum Gasteiger partial charge on any atom is -0.361 e. The second-order valence-electron chi connectivity index (χ2n) is 3.27. The zero-order valence-electron chi connectivity index (χ0n) is 9.27. The Balaban J connectivity index is 1.96. The Morgan fingerprint density at radius 2 is 2.29 bits per heavy atom. The number of amides is 1. The molecule has 88 valence electrons. The number of rotatable bonds is 4. The average molecular weight is 232 g/mol. The van der Waals surface area contributed by atoms with Gasteiger partial charge in [0, 0.05) is 19.4 Å². The zero-order chi connectivity index (χ0) is 12.1. The van der Waals surface area contributed by atoms with Crippen molar-refractivity contribution in [3.63, 3.8) is 0 Å². The van der Waals surface area contributed by atoms with Gasteiger partial charge < -0.3 is 15.6 Å². The molecule has 0 saturated carbocycles. The lowest BCUT2D eigenvalue weighted by atomic mass is 10.3. The molecule has 3 N–H and O–H groups in total. The number of carbonyl (C=O) groups excluding carboxylic acids is 1. The highest BCUT2D eigenvalue weighted by Crippen LogP contribution is 2.03. The molecule has 1 amide bonds. The summed E-state index contributed by atoms with van der Waals surface area (Å²) >= 11 is 0. The Morgan fingerprint density at radius 3 is 2.88 bits per heavy atom. The van der Waals surface area contributed by atoms with Gasteiger partial charge in [0.2, 0.25) is 0 Å². The normalized spacial score (nSPS) is 9.94. The third kappa shape index (κ3) is 2.77. The number of aromatic amines is 1. The highest BCUT2D eigenvalue weighted by Gasteiger charge is 2.05. The number of hydrogen-bond acceptors (Lipinski definition) is 5. The first-order valence-corrected chi connectivity index (χ1v) is 5.07. The zero-order valence-corrected chi connectivity index (χ0v) is 9.27. The SMILES string of the molecule is CNC(=O)c1ccc(NCc2ncc[nH]2)nn1. The monoisotopic (exact) mass is 232 g/mol. The summed E-state index contributed by atoms with van der Waals surface area (Å²) in [6, 6.07) is 3.30. The maximum absolute atomic E-state index is 11.2. The molecule has 0 aliphatic carbocycles. The molecule has 0 fully saturated rings. The molecule has 0 spiro atoms. The number of carbonyl (C=O) groups is 1. The Kier molecular flexibility index (Phi) is 3.29. The van der Waals surface area contributed by atoms with Crippen LogP contribution in [0.15, 0.2) is 24.5 Å². The second-order valence-corrected chi connectivity index (χ2v) is 3.27. The van der Waals surface area contributed by atoms with Crippen molar-refractivity contribution in [2.45, 2.75) is 6.54 Å². The molecule has 0 radical (unpaired) electrons. The summed E-state index contributed by atoms with van der Waals surface area (Å²) < 4.78 is 0. The van der Waals surface area contributed by atoms with Crippen molar-refractivity contribution in [3.05, 3.63) is 36.0 Å². The van der Waals surface area contributed by atoms with E-state index in [-0.39, 0.29) is 11.6 Å². The summed E-state index contributed by atoms with van der Waals surface area (Å²) in [6.45, 7) is 0.529. The quantitative estimate of drug-likeness (QED) is 0.698. The van der Waals surface area contributed by atoms with Gasteiger partial charge in [-0.2, -0.15) is 0 Å². The van der Waals surface area contributed by atoms with Gasteiger partial charge in [-0.1, -0.05) is 0 Å². The van der Waals surface area contributed by atoms with Crippen LogP contribution < -0.4 is 10.6 Å². The molecular formula is C10H12N6O. The van der Waals surface area contributed by atoms with E-state index in [0.29, 0.717) is 12.4 Å². The molecule has 0 saturated heterocycles. The first-order valence-electron chi connectivity index (χ1n) is 5.07. The van der Waals surface area contributed by atoms with E-state index in [4.69, 9.17) is 0 Å². The molecule has 0 aromatic carbocycles. The van der Waals surface area contributed by atoms with Crippen LogP contribution >= 0.6 is 0 Å². The fourth-order valence-corrected chi connectivity index (χ4v) is 1.24. The van der Waals surface area contributed by atoms with E-state index in [1.165, 1.54) is 0 Å². The van der Waals surface area contributed by atoms with Crippen LogP contribution in [0, 0.1) is 0 Å². The van der Waals surface area contributed by atoms with Gasteiger partial charge >= 0.3 is 0 Å². The lowest BCUT2D eigenvalue weighted by Gasteiger charge is -2.03. The van der Waals surface area contributed by atoms with Crippen LogP contribution in [0.1, 0.15) is 16.3 Å². The Hall–Kier alpha value is -2.44. The first kappa shape index (κ1) is 11.1. The molecule has 17 heavy (non-hydrogen) atoms. The van der Waals surface area contributed by atoms with Gasteiger partial charge in [-0.25, -0.2) is 4.98 Å². The summed E-state index contributed by atoms with van der Waals surface area (Å²) in [5.41, 5.74) is 0.288. The van der Waals surface area contributed by atoms with Crippen LogP contribution in [0.2, 0.25) is 0 Å². The molecule has 0 bridgehead atoms. The number of hydrogen-bond donors (Lipinski definition) is 3. The van der Waals surface area contributed by atoms with Crippen molar-refractivity contribution in [2.24, 2.45) is 0 Å². The van der Waals surface area contributed by atoms with Crippen LogP contribution in [-0.4, -0.2) is 33.1 Å². The molecule has 7 heteroatoms. The highest BCUT2D eigenvalue weighted by molar-refractivity contribution is 5.91. The smallest absolute Gasteiger partial charge is 0.271 e. The number of H-pyrrole nitrogens is 1. The van der Waals surface area contributed by atoms with Crippen molar-refractivity contribution >= 4 is 11.7 Å². The molecule has 2 heterocycles. The predicted molar refractivity (Wildman–Crippen MR) is 61.3 cm³/mol. The summed E-state index contributed by atoms with van der Waals surface area (Å²) in [5, 5.41) is 13.2. The Bertz CT molecular complexity index is 478. The highest BCUT2D eigenvalue weighted by atomic mass is 16.1. The molecular weight excluding hydrogens is 220 g/mol. The minimum atomic E-state index is -0.255. The molecule has 0 atom stereocenters. The first-order chi connectivity index (χ1) is 8.29. The third-order valence-electron chi connectivity index (χ3n) is 2.12. The van der Waals surface area contributed by atoms with Crippen LogP contribution in [-0.2, 0) is 6.54 Å². The maximum Gasteiger partial charge on any atom is 0.271 e. The average Bonchev–Trinajstić information content (AvgIpc) is 2.89. The van der Waals surface area contributed by atoms with Gasteiger partial charge in [0.05, 0.1) is 6.54 Å². The van der Waals surface area contributed by atoms with Crippen molar-refractivity contribution < 1.29 is 4.79 Å². The van der Waals surface area contributed by atoms with Gasteiger partial charge in [-0.3, -0.25) is 4.79 Å². The largest absolute Gasteiger partial charge is 0.361 e. The number of nitrogens with zero attached hydrogens (tertiary/aromatic N) is 3. The predicted octanol–water partition coefficient (Wildman–Crippen LogP) is 0.171. The van der Waals surface area contributed by atoms with Gasteiger partial charge in [-0.15, -0.1) is 10.2 Å². The van der Waals surface area contributed by atoms with Crippen molar-refractivity contribution in [1.29, 1.82) is 0 Å².